The van der Waals surface area contributed by atoms with E-state index in [1.807, 2.05) is 13.8 Å². The molecule has 0 unspecified atom stereocenters. The van der Waals surface area contributed by atoms with Crippen molar-refractivity contribution in [2.45, 2.75) is 26.7 Å². The zero-order valence-corrected chi connectivity index (χ0v) is 10.5. The average molecular weight is 245 g/mol. The second-order valence-electron chi connectivity index (χ2n) is 4.02. The molecule has 0 saturated carbocycles. The first-order valence-corrected chi connectivity index (χ1v) is 6.66. The Hall–Kier alpha value is -1.30. The maximum absolute atomic E-state index is 11.6. The van der Waals surface area contributed by atoms with Gasteiger partial charge in [0.1, 0.15) is 0 Å². The highest BCUT2D eigenvalue weighted by Gasteiger charge is 2.13. The van der Waals surface area contributed by atoms with E-state index in [1.54, 1.807) is 13.0 Å². The largest absolute Gasteiger partial charge is 0.324 e. The van der Waals surface area contributed by atoms with Crippen molar-refractivity contribution in [2.24, 2.45) is 0 Å². The molecule has 0 saturated heterocycles. The topological polar surface area (TPSA) is 65.4 Å². The number of aryl methyl sites for hydroxylation is 1. The fraction of sp³-hybridized carbons (Fsp3) is 0.500. The molecule has 90 valence electrons. The summed E-state index contributed by atoms with van der Waals surface area (Å²) < 4.78 is 27.5. The highest BCUT2D eigenvalue weighted by atomic mass is 32.2. The van der Waals surface area contributed by atoms with E-state index < -0.39 is 15.7 Å². The summed E-state index contributed by atoms with van der Waals surface area (Å²) in [5.74, 6) is -0.00523. The van der Waals surface area contributed by atoms with Crippen LogP contribution < -0.4 is 9.84 Å². The van der Waals surface area contributed by atoms with Gasteiger partial charge in [0.2, 0.25) is 0 Å². The van der Waals surface area contributed by atoms with Crippen LogP contribution in [0.1, 0.15) is 31.0 Å². The first-order chi connectivity index (χ1) is 7.20. The molecule has 16 heavy (non-hydrogen) atoms. The van der Waals surface area contributed by atoms with Crippen molar-refractivity contribution in [3.63, 3.8) is 0 Å². The number of pyridine rings is 1. The molecule has 1 rings (SSSR count). The summed E-state index contributed by atoms with van der Waals surface area (Å²) in [6, 6.07) is 3.06. The maximum atomic E-state index is 11.6. The molecule has 0 spiro atoms. The zero-order chi connectivity index (χ0) is 12.5. The summed E-state index contributed by atoms with van der Waals surface area (Å²) in [6.45, 7) is 5.49. The van der Waals surface area contributed by atoms with E-state index in [9.17, 15) is 13.2 Å². The number of hydrogen-bond acceptors (Lipinski definition) is 4. The van der Waals surface area contributed by atoms with Crippen LogP contribution >= 0.6 is 0 Å². The van der Waals surface area contributed by atoms with Crippen LogP contribution in [0.15, 0.2) is 16.9 Å². The molecule has 1 aromatic heterocycles. The minimum atomic E-state index is -3.71. The third-order valence-electron chi connectivity index (χ3n) is 1.96. The molecule has 0 bridgehead atoms. The molecule has 0 atom stereocenters. The summed E-state index contributed by atoms with van der Waals surface area (Å²) in [4.78, 5) is 11.6. The van der Waals surface area contributed by atoms with Crippen molar-refractivity contribution in [3.8, 4) is 0 Å². The first kappa shape index (κ1) is 12.8. The molecule has 0 amide bonds. The minimum absolute atomic E-state index is 0.00523. The van der Waals surface area contributed by atoms with Gasteiger partial charge in [-0.05, 0) is 24.5 Å². The van der Waals surface area contributed by atoms with Gasteiger partial charge in [-0.25, -0.2) is 0 Å². The molecule has 1 aromatic rings. The maximum Gasteiger partial charge on any atom is 0.324 e. The Morgan fingerprint density at radius 3 is 2.31 bits per heavy atom. The fourth-order valence-electron chi connectivity index (χ4n) is 1.33. The van der Waals surface area contributed by atoms with Crippen LogP contribution in [0.4, 0.5) is 0 Å². The monoisotopic (exact) mass is 245 g/mol. The lowest BCUT2D eigenvalue weighted by Gasteiger charge is -2.14. The van der Waals surface area contributed by atoms with Crippen LogP contribution in [0, 0.1) is 6.92 Å². The number of nitrogens with zero attached hydrogens (tertiary/aromatic N) is 1. The Kier molecular flexibility index (Phi) is 3.42. The Balaban J connectivity index is 3.42. The Morgan fingerprint density at radius 1 is 1.31 bits per heavy atom. The normalized spacial score (nSPS) is 11.8. The summed E-state index contributed by atoms with van der Waals surface area (Å²) >= 11 is 0. The summed E-state index contributed by atoms with van der Waals surface area (Å²) in [5, 5.41) is 0. The van der Waals surface area contributed by atoms with Crippen LogP contribution in [-0.2, 0) is 10.1 Å². The SMILES string of the molecule is Cc1cc(C(C)C)n(OS(C)(=O)=O)c(=O)c1. The van der Waals surface area contributed by atoms with Crippen molar-refractivity contribution in [2.75, 3.05) is 6.26 Å². The fourth-order valence-corrected chi connectivity index (χ4v) is 1.76. The van der Waals surface area contributed by atoms with Crippen LogP contribution in [-0.4, -0.2) is 19.4 Å². The highest BCUT2D eigenvalue weighted by molar-refractivity contribution is 7.86. The second kappa shape index (κ2) is 4.29. The zero-order valence-electron chi connectivity index (χ0n) is 9.72. The number of aromatic nitrogens is 1. The number of hydrogen-bond donors (Lipinski definition) is 0. The first-order valence-electron chi connectivity index (χ1n) is 4.84. The predicted molar refractivity (Wildman–Crippen MR) is 61.0 cm³/mol. The Morgan fingerprint density at radius 2 is 1.88 bits per heavy atom. The van der Waals surface area contributed by atoms with Gasteiger partial charge in [-0.3, -0.25) is 9.08 Å². The van der Waals surface area contributed by atoms with Crippen LogP contribution in [0.2, 0.25) is 0 Å². The van der Waals surface area contributed by atoms with E-state index in [1.165, 1.54) is 6.07 Å². The van der Waals surface area contributed by atoms with Crippen molar-refractivity contribution in [1.29, 1.82) is 0 Å². The van der Waals surface area contributed by atoms with Crippen LogP contribution in [0.3, 0.4) is 0 Å². The van der Waals surface area contributed by atoms with Crippen molar-refractivity contribution in [3.05, 3.63) is 33.7 Å². The molecule has 0 radical (unpaired) electrons. The molecule has 0 fully saturated rings. The molecule has 6 heteroatoms. The van der Waals surface area contributed by atoms with E-state index in [0.717, 1.165) is 16.5 Å². The standard InChI is InChI=1S/C10H15NO4S/c1-7(2)9-5-8(3)6-10(12)11(9)15-16(4,13)14/h5-7H,1-4H3. The lowest BCUT2D eigenvalue weighted by atomic mass is 10.1. The van der Waals surface area contributed by atoms with E-state index >= 15 is 0 Å². The smallest absolute Gasteiger partial charge is 0.284 e. The van der Waals surface area contributed by atoms with Gasteiger partial charge >= 0.3 is 10.1 Å². The van der Waals surface area contributed by atoms with Crippen molar-refractivity contribution < 1.29 is 12.7 Å². The van der Waals surface area contributed by atoms with Gasteiger partial charge < -0.3 is 0 Å². The molecular weight excluding hydrogens is 230 g/mol. The molecule has 0 aliphatic rings. The summed E-state index contributed by atoms with van der Waals surface area (Å²) in [5.41, 5.74) is 0.839. The third-order valence-corrected chi connectivity index (χ3v) is 2.38. The quantitative estimate of drug-likeness (QED) is 0.785. The van der Waals surface area contributed by atoms with Gasteiger partial charge in [0.15, 0.2) is 0 Å². The van der Waals surface area contributed by atoms with E-state index in [2.05, 4.69) is 4.28 Å². The van der Waals surface area contributed by atoms with Gasteiger partial charge in [0.05, 0.1) is 11.9 Å². The second-order valence-corrected chi connectivity index (χ2v) is 5.58. The highest BCUT2D eigenvalue weighted by Crippen LogP contribution is 2.13. The van der Waals surface area contributed by atoms with E-state index in [0.29, 0.717) is 5.69 Å². The summed E-state index contributed by atoms with van der Waals surface area (Å²) in [6.07, 6.45) is 0.906. The van der Waals surface area contributed by atoms with Gasteiger partial charge in [-0.1, -0.05) is 13.8 Å². The molecule has 0 N–H and O–H groups in total. The summed E-state index contributed by atoms with van der Waals surface area (Å²) in [7, 11) is -3.71. The molecule has 0 aromatic carbocycles. The minimum Gasteiger partial charge on any atom is -0.284 e. The third kappa shape index (κ3) is 3.10. The lowest BCUT2D eigenvalue weighted by molar-refractivity contribution is 0.254. The number of rotatable bonds is 3. The average Bonchev–Trinajstić information content (AvgIpc) is 2.07. The van der Waals surface area contributed by atoms with Gasteiger partial charge in [-0.15, -0.1) is 4.73 Å². The molecular formula is C10H15NO4S. The molecule has 0 aliphatic heterocycles. The van der Waals surface area contributed by atoms with Crippen molar-refractivity contribution in [1.82, 2.24) is 4.73 Å². The predicted octanol–water partition coefficient (Wildman–Crippen LogP) is 0.668. The molecule has 0 aliphatic carbocycles. The van der Waals surface area contributed by atoms with E-state index in [-0.39, 0.29) is 5.92 Å². The van der Waals surface area contributed by atoms with Crippen LogP contribution in [0.5, 0.6) is 0 Å². The van der Waals surface area contributed by atoms with Gasteiger partial charge in [0, 0.05) is 6.07 Å². The Bertz CT molecular complexity index is 542. The van der Waals surface area contributed by atoms with Crippen LogP contribution in [0.25, 0.3) is 0 Å². The van der Waals surface area contributed by atoms with Gasteiger partial charge in [0.25, 0.3) is 5.56 Å². The lowest BCUT2D eigenvalue weighted by Crippen LogP contribution is -2.33. The van der Waals surface area contributed by atoms with Crippen molar-refractivity contribution >= 4 is 10.1 Å². The molecule has 5 nitrogen and oxygen atoms in total. The van der Waals surface area contributed by atoms with E-state index in [4.69, 9.17) is 0 Å². The molecule has 1 heterocycles. The Labute approximate surface area is 94.7 Å². The van der Waals surface area contributed by atoms with Gasteiger partial charge in [-0.2, -0.15) is 8.42 Å².